The highest BCUT2D eigenvalue weighted by Gasteiger charge is 2.16. The van der Waals surface area contributed by atoms with Crippen LogP contribution in [0.5, 0.6) is 6.08 Å². The standard InChI is InChI=1S/C20H17BrF2N6O2/c1-2-29-9-11(5-17(29)19-27-20(30)31-28-19)16-8-18(26-10-25-16)24-4-3-13-14(22)6-12(21)7-15(13)23/h5-10H,2-4H2,1H3,(H,24,25,26)(H,27,28,30). The van der Waals surface area contributed by atoms with E-state index >= 15 is 0 Å². The van der Waals surface area contributed by atoms with E-state index < -0.39 is 17.7 Å². The molecule has 160 valence electrons. The summed E-state index contributed by atoms with van der Waals surface area (Å²) in [5, 5.41) is 16.1. The average Bonchev–Trinajstić information content (AvgIpc) is 3.36. The quantitative estimate of drug-likeness (QED) is 0.395. The molecule has 0 aliphatic rings. The highest BCUT2D eigenvalue weighted by molar-refractivity contribution is 9.10. The van der Waals surface area contributed by atoms with Crippen molar-refractivity contribution in [2.45, 2.75) is 19.9 Å². The first kappa shape index (κ1) is 20.9. The Morgan fingerprint density at radius 1 is 1.16 bits per heavy atom. The van der Waals surface area contributed by atoms with Crippen LogP contribution in [0.15, 0.2) is 45.8 Å². The number of hydrogen-bond donors (Lipinski definition) is 2. The van der Waals surface area contributed by atoms with Crippen LogP contribution in [0.3, 0.4) is 0 Å². The molecule has 0 amide bonds. The van der Waals surface area contributed by atoms with Gasteiger partial charge in [-0.05, 0) is 31.5 Å². The summed E-state index contributed by atoms with van der Waals surface area (Å²) in [4.78, 5) is 12.3. The summed E-state index contributed by atoms with van der Waals surface area (Å²) in [5.41, 5.74) is 2.10. The lowest BCUT2D eigenvalue weighted by molar-refractivity contribution is 0.267. The lowest BCUT2D eigenvalue weighted by atomic mass is 10.1. The number of nitrogens with one attached hydrogen (secondary N) is 1. The van der Waals surface area contributed by atoms with Crippen molar-refractivity contribution in [3.05, 3.63) is 58.5 Å². The Labute approximate surface area is 184 Å². The van der Waals surface area contributed by atoms with Crippen molar-refractivity contribution in [1.82, 2.24) is 24.7 Å². The van der Waals surface area contributed by atoms with Crippen LogP contribution in [0.4, 0.5) is 14.6 Å². The molecule has 0 unspecified atom stereocenters. The summed E-state index contributed by atoms with van der Waals surface area (Å²) in [7, 11) is 0. The molecular formula is C20H17BrF2N6O2. The van der Waals surface area contributed by atoms with E-state index in [9.17, 15) is 13.9 Å². The minimum atomic E-state index is -0.599. The van der Waals surface area contributed by atoms with Crippen LogP contribution >= 0.6 is 15.9 Å². The molecule has 0 bridgehead atoms. The van der Waals surface area contributed by atoms with Gasteiger partial charge in [0.1, 0.15) is 23.8 Å². The van der Waals surface area contributed by atoms with E-state index in [2.05, 4.69) is 45.9 Å². The van der Waals surface area contributed by atoms with Gasteiger partial charge < -0.3 is 15.0 Å². The highest BCUT2D eigenvalue weighted by Crippen LogP contribution is 2.28. The number of nitrogens with zero attached hydrogens (tertiary/aromatic N) is 5. The monoisotopic (exact) mass is 490 g/mol. The molecule has 31 heavy (non-hydrogen) atoms. The molecule has 3 heterocycles. The van der Waals surface area contributed by atoms with Crippen molar-refractivity contribution >= 4 is 21.7 Å². The van der Waals surface area contributed by atoms with E-state index in [0.29, 0.717) is 28.2 Å². The summed E-state index contributed by atoms with van der Waals surface area (Å²) in [6.45, 7) is 2.89. The van der Waals surface area contributed by atoms with Crippen molar-refractivity contribution < 1.29 is 18.4 Å². The normalized spacial score (nSPS) is 11.1. The van der Waals surface area contributed by atoms with E-state index in [1.54, 1.807) is 6.07 Å². The van der Waals surface area contributed by atoms with Gasteiger partial charge >= 0.3 is 6.08 Å². The van der Waals surface area contributed by atoms with Crippen LogP contribution in [0.2, 0.25) is 0 Å². The summed E-state index contributed by atoms with van der Waals surface area (Å²) in [6, 6.07) is 6.04. The lowest BCUT2D eigenvalue weighted by Gasteiger charge is -2.08. The third-order valence-corrected chi connectivity index (χ3v) is 5.09. The number of halogens is 3. The zero-order chi connectivity index (χ0) is 22.0. The maximum absolute atomic E-state index is 14.0. The number of aromatic nitrogens is 5. The molecule has 0 aliphatic heterocycles. The molecular weight excluding hydrogens is 474 g/mol. The largest absolute Gasteiger partial charge is 0.464 e. The second-order valence-corrected chi connectivity index (χ2v) is 7.53. The SMILES string of the molecule is CCn1cc(-c2cc(NCCc3c(F)cc(Br)cc3F)ncn2)cc1-c1noc(O)n1. The molecule has 0 atom stereocenters. The number of hydrogen-bond acceptors (Lipinski definition) is 7. The molecule has 4 aromatic rings. The second-order valence-electron chi connectivity index (χ2n) is 6.61. The summed E-state index contributed by atoms with van der Waals surface area (Å²) in [6.07, 6.45) is 2.93. The fourth-order valence-electron chi connectivity index (χ4n) is 3.16. The lowest BCUT2D eigenvalue weighted by Crippen LogP contribution is -2.09. The average molecular weight is 491 g/mol. The van der Waals surface area contributed by atoms with Gasteiger partial charge in [-0.25, -0.2) is 18.7 Å². The third kappa shape index (κ3) is 4.55. The first-order valence-electron chi connectivity index (χ1n) is 9.37. The van der Waals surface area contributed by atoms with Crippen molar-refractivity contribution in [2.24, 2.45) is 0 Å². The fourth-order valence-corrected chi connectivity index (χ4v) is 3.56. The second kappa shape index (κ2) is 8.80. The van der Waals surface area contributed by atoms with Crippen LogP contribution in [0, 0.1) is 11.6 Å². The molecule has 0 radical (unpaired) electrons. The molecule has 0 saturated carbocycles. The van der Waals surface area contributed by atoms with E-state index in [-0.39, 0.29) is 24.4 Å². The summed E-state index contributed by atoms with van der Waals surface area (Å²) in [5.74, 6) is -0.418. The van der Waals surface area contributed by atoms with Gasteiger partial charge in [-0.3, -0.25) is 4.52 Å². The van der Waals surface area contributed by atoms with Crippen LogP contribution in [-0.2, 0) is 13.0 Å². The molecule has 8 nitrogen and oxygen atoms in total. The summed E-state index contributed by atoms with van der Waals surface area (Å²) < 4.78 is 34.9. The molecule has 0 spiro atoms. The van der Waals surface area contributed by atoms with E-state index in [1.807, 2.05) is 23.8 Å². The number of aromatic hydroxyl groups is 1. The Morgan fingerprint density at radius 3 is 2.61 bits per heavy atom. The van der Waals surface area contributed by atoms with Crippen LogP contribution in [-0.4, -0.2) is 36.3 Å². The van der Waals surface area contributed by atoms with Gasteiger partial charge in [0.05, 0.1) is 11.4 Å². The molecule has 0 saturated heterocycles. The number of rotatable bonds is 7. The predicted octanol–water partition coefficient (Wildman–Crippen LogP) is 4.42. The predicted molar refractivity (Wildman–Crippen MR) is 112 cm³/mol. The van der Waals surface area contributed by atoms with Crippen molar-refractivity contribution in [1.29, 1.82) is 0 Å². The molecule has 0 fully saturated rings. The van der Waals surface area contributed by atoms with Crippen molar-refractivity contribution in [2.75, 3.05) is 11.9 Å². The Hall–Kier alpha value is -3.34. The van der Waals surface area contributed by atoms with Gasteiger partial charge in [-0.1, -0.05) is 21.1 Å². The van der Waals surface area contributed by atoms with Gasteiger partial charge in [0.15, 0.2) is 0 Å². The van der Waals surface area contributed by atoms with Crippen LogP contribution < -0.4 is 5.32 Å². The van der Waals surface area contributed by atoms with E-state index in [1.165, 1.54) is 18.5 Å². The zero-order valence-corrected chi connectivity index (χ0v) is 17.9. The van der Waals surface area contributed by atoms with Crippen LogP contribution in [0.1, 0.15) is 12.5 Å². The van der Waals surface area contributed by atoms with Gasteiger partial charge in [0.25, 0.3) is 0 Å². The Kier molecular flexibility index (Phi) is 5.94. The van der Waals surface area contributed by atoms with Gasteiger partial charge in [0.2, 0.25) is 5.82 Å². The van der Waals surface area contributed by atoms with Crippen LogP contribution in [0.25, 0.3) is 22.8 Å². The molecule has 1 aromatic carbocycles. The zero-order valence-electron chi connectivity index (χ0n) is 16.3. The highest BCUT2D eigenvalue weighted by atomic mass is 79.9. The molecule has 11 heteroatoms. The van der Waals surface area contributed by atoms with Gasteiger partial charge in [-0.2, -0.15) is 4.98 Å². The number of aryl methyl sites for hydroxylation is 1. The third-order valence-electron chi connectivity index (χ3n) is 4.63. The Balaban J connectivity index is 1.51. The fraction of sp³-hybridized carbons (Fsp3) is 0.200. The Morgan fingerprint density at radius 2 is 1.94 bits per heavy atom. The maximum atomic E-state index is 14.0. The number of anilines is 1. The smallest absolute Gasteiger partial charge is 0.415 e. The topological polar surface area (TPSA) is 102 Å². The summed E-state index contributed by atoms with van der Waals surface area (Å²) >= 11 is 3.07. The van der Waals surface area contributed by atoms with Gasteiger partial charge in [0, 0.05) is 41.0 Å². The first-order chi connectivity index (χ1) is 14.9. The van der Waals surface area contributed by atoms with Crippen molar-refractivity contribution in [3.63, 3.8) is 0 Å². The molecule has 3 aromatic heterocycles. The Bertz CT molecular complexity index is 1200. The van der Waals surface area contributed by atoms with Gasteiger partial charge in [-0.15, -0.1) is 0 Å². The minimum absolute atomic E-state index is 0.0120. The molecule has 2 N–H and O–H groups in total. The maximum Gasteiger partial charge on any atom is 0.415 e. The first-order valence-corrected chi connectivity index (χ1v) is 10.2. The molecule has 0 aliphatic carbocycles. The van der Waals surface area contributed by atoms with E-state index in [4.69, 9.17) is 0 Å². The molecule has 4 rings (SSSR count). The van der Waals surface area contributed by atoms with E-state index in [0.717, 1.165) is 5.56 Å². The van der Waals surface area contributed by atoms with Crippen molar-refractivity contribution in [3.8, 4) is 28.9 Å². The number of benzene rings is 1. The minimum Gasteiger partial charge on any atom is -0.464 e.